The molecule has 2 aromatic heterocycles. The van der Waals surface area contributed by atoms with Crippen LogP contribution in [0.4, 0.5) is 5.82 Å². The van der Waals surface area contributed by atoms with Crippen LogP contribution in [0.3, 0.4) is 0 Å². The van der Waals surface area contributed by atoms with Crippen molar-refractivity contribution < 1.29 is 0 Å². The highest BCUT2D eigenvalue weighted by atomic mass is 15.2. The molecule has 2 rings (SSSR count). The van der Waals surface area contributed by atoms with Crippen LogP contribution in [0.5, 0.6) is 0 Å². The van der Waals surface area contributed by atoms with E-state index in [1.165, 1.54) is 18.5 Å². The van der Waals surface area contributed by atoms with E-state index in [1.54, 1.807) is 0 Å². The molecule has 2 heterocycles. The van der Waals surface area contributed by atoms with E-state index in [4.69, 9.17) is 10.7 Å². The average Bonchev–Trinajstić information content (AvgIpc) is 2.87. The number of anilines is 1. The predicted molar refractivity (Wildman–Crippen MR) is 90.0 cm³/mol. The number of nitrogens with two attached hydrogens (primary N) is 1. The summed E-state index contributed by atoms with van der Waals surface area (Å²) in [6.07, 6.45) is 6.47. The van der Waals surface area contributed by atoms with Crippen LogP contribution in [0.1, 0.15) is 45.7 Å². The largest absolute Gasteiger partial charge is 0.352 e. The highest BCUT2D eigenvalue weighted by Gasteiger charge is 2.20. The molecule has 0 spiro atoms. The number of imidazole rings is 1. The molecule has 0 aliphatic rings. The molecular weight excluding hydrogens is 260 g/mol. The van der Waals surface area contributed by atoms with Crippen molar-refractivity contribution in [3.8, 4) is 0 Å². The molecule has 2 aromatic rings. The normalized spacial score (nSPS) is 12.8. The number of unbranched alkanes of at least 4 members (excludes halogenated alkanes) is 1. The highest BCUT2D eigenvalue weighted by molar-refractivity contribution is 5.56. The maximum Gasteiger partial charge on any atom is 0.151 e. The molecule has 0 amide bonds. The van der Waals surface area contributed by atoms with Gasteiger partial charge >= 0.3 is 0 Å². The van der Waals surface area contributed by atoms with Crippen LogP contribution >= 0.6 is 0 Å². The Morgan fingerprint density at radius 2 is 2.14 bits per heavy atom. The summed E-state index contributed by atoms with van der Waals surface area (Å²) in [6.45, 7) is 8.47. The van der Waals surface area contributed by atoms with Crippen LogP contribution in [0.25, 0.3) is 5.65 Å². The van der Waals surface area contributed by atoms with Gasteiger partial charge in [-0.25, -0.2) is 4.98 Å². The molecule has 0 bridgehead atoms. The van der Waals surface area contributed by atoms with Crippen molar-refractivity contribution in [2.24, 2.45) is 5.73 Å². The monoisotopic (exact) mass is 288 g/mol. The summed E-state index contributed by atoms with van der Waals surface area (Å²) in [5, 5.41) is 0. The Hall–Kier alpha value is -1.55. The van der Waals surface area contributed by atoms with E-state index < -0.39 is 0 Å². The smallest absolute Gasteiger partial charge is 0.151 e. The molecule has 1 unspecified atom stereocenters. The lowest BCUT2D eigenvalue weighted by atomic mass is 10.1. The highest BCUT2D eigenvalue weighted by Crippen LogP contribution is 2.25. The first-order valence-electron chi connectivity index (χ1n) is 8.15. The van der Waals surface area contributed by atoms with Crippen molar-refractivity contribution in [1.82, 2.24) is 9.38 Å². The number of hydrogen-bond donors (Lipinski definition) is 1. The molecule has 4 nitrogen and oxygen atoms in total. The van der Waals surface area contributed by atoms with Gasteiger partial charge in [0, 0.05) is 25.2 Å². The summed E-state index contributed by atoms with van der Waals surface area (Å²) in [5.74, 6) is 1.12. The number of aromatic nitrogens is 2. The molecular formula is C17H28N4. The Labute approximate surface area is 128 Å². The topological polar surface area (TPSA) is 46.6 Å². The SMILES string of the molecule is CCCCN(c1nc2ccccn2c1CCN)C(C)CC. The molecule has 21 heavy (non-hydrogen) atoms. The van der Waals surface area contributed by atoms with Crippen molar-refractivity contribution in [3.63, 3.8) is 0 Å². The van der Waals surface area contributed by atoms with Gasteiger partial charge in [0.05, 0.1) is 5.69 Å². The van der Waals surface area contributed by atoms with Crippen LogP contribution in [0.15, 0.2) is 24.4 Å². The third-order valence-corrected chi connectivity index (χ3v) is 4.14. The standard InChI is InChI=1S/C17H28N4/c1-4-6-12-20(14(3)5-2)17-15(10-11-18)21-13-8-7-9-16(21)19-17/h7-9,13-14H,4-6,10-12,18H2,1-3H3. The molecule has 116 valence electrons. The third kappa shape index (κ3) is 3.38. The van der Waals surface area contributed by atoms with E-state index in [-0.39, 0.29) is 0 Å². The minimum Gasteiger partial charge on any atom is -0.352 e. The van der Waals surface area contributed by atoms with Crippen molar-refractivity contribution in [3.05, 3.63) is 30.1 Å². The predicted octanol–water partition coefficient (Wildman–Crippen LogP) is 3.24. The lowest BCUT2D eigenvalue weighted by Crippen LogP contribution is -2.34. The number of nitrogens with zero attached hydrogens (tertiary/aromatic N) is 3. The second-order valence-electron chi connectivity index (χ2n) is 5.65. The fourth-order valence-corrected chi connectivity index (χ4v) is 2.72. The van der Waals surface area contributed by atoms with Gasteiger partial charge in [0.1, 0.15) is 5.65 Å². The van der Waals surface area contributed by atoms with E-state index in [9.17, 15) is 0 Å². The van der Waals surface area contributed by atoms with E-state index in [0.717, 1.165) is 30.9 Å². The summed E-state index contributed by atoms with van der Waals surface area (Å²) in [4.78, 5) is 7.35. The zero-order chi connectivity index (χ0) is 15.2. The maximum absolute atomic E-state index is 5.83. The van der Waals surface area contributed by atoms with Gasteiger partial charge in [-0.05, 0) is 38.4 Å². The summed E-state index contributed by atoms with van der Waals surface area (Å²) in [7, 11) is 0. The molecule has 0 saturated carbocycles. The van der Waals surface area contributed by atoms with Gasteiger partial charge in [-0.3, -0.25) is 0 Å². The summed E-state index contributed by atoms with van der Waals surface area (Å²) >= 11 is 0. The van der Waals surface area contributed by atoms with Gasteiger partial charge in [0.2, 0.25) is 0 Å². The maximum atomic E-state index is 5.83. The Morgan fingerprint density at radius 1 is 1.33 bits per heavy atom. The van der Waals surface area contributed by atoms with Crippen LogP contribution in [-0.4, -0.2) is 28.5 Å². The second kappa shape index (κ2) is 7.46. The fraction of sp³-hybridized carbons (Fsp3) is 0.588. The van der Waals surface area contributed by atoms with E-state index >= 15 is 0 Å². The lowest BCUT2D eigenvalue weighted by molar-refractivity contribution is 0.588. The van der Waals surface area contributed by atoms with Crippen molar-refractivity contribution >= 4 is 11.5 Å². The van der Waals surface area contributed by atoms with Crippen molar-refractivity contribution in [2.45, 2.75) is 52.5 Å². The van der Waals surface area contributed by atoms with Crippen molar-refractivity contribution in [1.29, 1.82) is 0 Å². The van der Waals surface area contributed by atoms with Gasteiger partial charge in [-0.15, -0.1) is 0 Å². The van der Waals surface area contributed by atoms with Crippen molar-refractivity contribution in [2.75, 3.05) is 18.0 Å². The molecule has 0 radical (unpaired) electrons. The second-order valence-corrected chi connectivity index (χ2v) is 5.65. The molecule has 0 saturated heterocycles. The summed E-state index contributed by atoms with van der Waals surface area (Å²) in [5.41, 5.74) is 8.08. The van der Waals surface area contributed by atoms with E-state index in [0.29, 0.717) is 12.6 Å². The number of rotatable bonds is 8. The van der Waals surface area contributed by atoms with Crippen LogP contribution in [-0.2, 0) is 6.42 Å². The third-order valence-electron chi connectivity index (χ3n) is 4.14. The average molecular weight is 288 g/mol. The molecule has 0 aliphatic heterocycles. The van der Waals surface area contributed by atoms with E-state index in [1.807, 2.05) is 6.07 Å². The van der Waals surface area contributed by atoms with Gasteiger partial charge in [0.15, 0.2) is 5.82 Å². The molecule has 0 aliphatic carbocycles. The first-order valence-corrected chi connectivity index (χ1v) is 8.15. The molecule has 1 atom stereocenters. The Bertz CT molecular complexity index is 561. The molecule has 4 heteroatoms. The number of hydrogen-bond acceptors (Lipinski definition) is 3. The molecule has 0 aromatic carbocycles. The first-order chi connectivity index (χ1) is 10.2. The summed E-state index contributed by atoms with van der Waals surface area (Å²) < 4.78 is 2.18. The van der Waals surface area contributed by atoms with Crippen LogP contribution in [0, 0.1) is 0 Å². The van der Waals surface area contributed by atoms with Gasteiger partial charge in [0.25, 0.3) is 0 Å². The first kappa shape index (κ1) is 15.8. The van der Waals surface area contributed by atoms with Gasteiger partial charge in [-0.1, -0.05) is 26.3 Å². The summed E-state index contributed by atoms with van der Waals surface area (Å²) in [6, 6.07) is 6.66. The molecule has 0 fully saturated rings. The zero-order valence-electron chi connectivity index (χ0n) is 13.5. The number of fused-ring (bicyclic) bond motifs is 1. The Kier molecular flexibility index (Phi) is 5.62. The van der Waals surface area contributed by atoms with Crippen LogP contribution in [0.2, 0.25) is 0 Å². The minimum absolute atomic E-state index is 0.498. The van der Waals surface area contributed by atoms with E-state index in [2.05, 4.69) is 48.4 Å². The van der Waals surface area contributed by atoms with Crippen LogP contribution < -0.4 is 10.6 Å². The Morgan fingerprint density at radius 3 is 2.81 bits per heavy atom. The zero-order valence-corrected chi connectivity index (χ0v) is 13.5. The number of pyridine rings is 1. The quantitative estimate of drug-likeness (QED) is 0.811. The fourth-order valence-electron chi connectivity index (χ4n) is 2.72. The van der Waals surface area contributed by atoms with Gasteiger partial charge in [-0.2, -0.15) is 0 Å². The Balaban J connectivity index is 2.46. The molecule has 2 N–H and O–H groups in total. The lowest BCUT2D eigenvalue weighted by Gasteiger charge is -2.29. The van der Waals surface area contributed by atoms with Gasteiger partial charge < -0.3 is 15.0 Å². The minimum atomic E-state index is 0.498.